The average Bonchev–Trinajstić information content (AvgIpc) is 3.41. The monoisotopic (exact) mass is 382 g/mol. The Hall–Kier alpha value is -2.71. The Bertz CT molecular complexity index is 839. The third-order valence-electron chi connectivity index (χ3n) is 4.64. The van der Waals surface area contributed by atoms with Gasteiger partial charge < -0.3 is 10.2 Å². The predicted molar refractivity (Wildman–Crippen MR) is 105 cm³/mol. The van der Waals surface area contributed by atoms with Gasteiger partial charge in [0.2, 0.25) is 0 Å². The normalized spacial score (nSPS) is 15.0. The van der Waals surface area contributed by atoms with Crippen LogP contribution in [0.4, 0.5) is 4.79 Å². The molecule has 1 aliphatic heterocycles. The standard InChI is InChI=1S/C19H22N6OS/c26-19(24-9-7-23(8-10-24)14-17-2-1-11-27-17)22-13-16-3-4-18(21-12-16)25-6-5-20-15-25/h1-6,11-12,15H,7-10,13-14H2,(H,22,26). The van der Waals surface area contributed by atoms with Crippen molar-refractivity contribution in [1.82, 2.24) is 29.7 Å². The number of nitrogens with zero attached hydrogens (tertiary/aromatic N) is 5. The molecule has 0 radical (unpaired) electrons. The minimum atomic E-state index is -0.00976. The number of rotatable bonds is 5. The summed E-state index contributed by atoms with van der Waals surface area (Å²) in [5.41, 5.74) is 0.976. The van der Waals surface area contributed by atoms with Gasteiger partial charge in [-0.25, -0.2) is 14.8 Å². The Balaban J connectivity index is 1.23. The molecule has 8 heteroatoms. The van der Waals surface area contributed by atoms with Crippen molar-refractivity contribution in [2.75, 3.05) is 26.2 Å². The zero-order valence-electron chi connectivity index (χ0n) is 15.0. The largest absolute Gasteiger partial charge is 0.334 e. The summed E-state index contributed by atoms with van der Waals surface area (Å²) in [5.74, 6) is 0.810. The number of amides is 2. The molecule has 0 aromatic carbocycles. The van der Waals surface area contributed by atoms with Crippen LogP contribution >= 0.6 is 11.3 Å². The van der Waals surface area contributed by atoms with E-state index in [4.69, 9.17) is 0 Å². The molecule has 0 aliphatic carbocycles. The molecule has 2 amide bonds. The van der Waals surface area contributed by atoms with E-state index in [1.807, 2.05) is 27.8 Å². The Morgan fingerprint density at radius 3 is 2.74 bits per heavy atom. The number of carbonyl (C=O) groups excluding carboxylic acids is 1. The molecule has 3 aromatic rings. The highest BCUT2D eigenvalue weighted by molar-refractivity contribution is 7.09. The van der Waals surface area contributed by atoms with Crippen molar-refractivity contribution in [2.24, 2.45) is 0 Å². The van der Waals surface area contributed by atoms with E-state index in [0.29, 0.717) is 6.54 Å². The number of piperazine rings is 1. The molecule has 0 unspecified atom stereocenters. The fourth-order valence-electron chi connectivity index (χ4n) is 3.09. The Kier molecular flexibility index (Phi) is 5.45. The van der Waals surface area contributed by atoms with Gasteiger partial charge in [-0.05, 0) is 23.1 Å². The molecule has 140 valence electrons. The molecule has 0 spiro atoms. The molecule has 0 saturated carbocycles. The number of imidazole rings is 1. The van der Waals surface area contributed by atoms with Gasteiger partial charge in [-0.3, -0.25) is 9.47 Å². The Labute approximate surface area is 162 Å². The fraction of sp³-hybridized carbons (Fsp3) is 0.316. The maximum atomic E-state index is 12.4. The quantitative estimate of drug-likeness (QED) is 0.736. The summed E-state index contributed by atoms with van der Waals surface area (Å²) < 4.78 is 1.85. The number of pyridine rings is 1. The van der Waals surface area contributed by atoms with E-state index in [9.17, 15) is 4.79 Å². The lowest BCUT2D eigenvalue weighted by molar-refractivity contribution is 0.135. The SMILES string of the molecule is O=C(NCc1ccc(-n2ccnc2)nc1)N1CCN(Cc2cccs2)CC1. The zero-order chi connectivity index (χ0) is 18.5. The van der Waals surface area contributed by atoms with Crippen LogP contribution < -0.4 is 5.32 Å². The first-order valence-electron chi connectivity index (χ1n) is 8.99. The highest BCUT2D eigenvalue weighted by Gasteiger charge is 2.21. The van der Waals surface area contributed by atoms with Gasteiger partial charge in [-0.1, -0.05) is 12.1 Å². The van der Waals surface area contributed by atoms with Crippen LogP contribution in [0.15, 0.2) is 54.6 Å². The molecule has 27 heavy (non-hydrogen) atoms. The van der Waals surface area contributed by atoms with Crippen molar-refractivity contribution in [2.45, 2.75) is 13.1 Å². The van der Waals surface area contributed by atoms with Crippen molar-refractivity contribution < 1.29 is 4.79 Å². The van der Waals surface area contributed by atoms with E-state index in [0.717, 1.165) is 44.1 Å². The van der Waals surface area contributed by atoms with Crippen molar-refractivity contribution in [3.63, 3.8) is 0 Å². The maximum absolute atomic E-state index is 12.4. The lowest BCUT2D eigenvalue weighted by atomic mass is 10.2. The fourth-order valence-corrected chi connectivity index (χ4v) is 3.84. The van der Waals surface area contributed by atoms with Gasteiger partial charge >= 0.3 is 6.03 Å². The third-order valence-corrected chi connectivity index (χ3v) is 5.50. The summed E-state index contributed by atoms with van der Waals surface area (Å²) in [7, 11) is 0. The molecule has 1 N–H and O–H groups in total. The smallest absolute Gasteiger partial charge is 0.317 e. The van der Waals surface area contributed by atoms with E-state index in [1.165, 1.54) is 4.88 Å². The summed E-state index contributed by atoms with van der Waals surface area (Å²) in [6.45, 7) is 4.79. The van der Waals surface area contributed by atoms with E-state index in [1.54, 1.807) is 30.1 Å². The number of hydrogen-bond acceptors (Lipinski definition) is 5. The van der Waals surface area contributed by atoms with Gasteiger partial charge in [-0.15, -0.1) is 11.3 Å². The van der Waals surface area contributed by atoms with E-state index in [-0.39, 0.29) is 6.03 Å². The number of urea groups is 1. The first-order chi connectivity index (χ1) is 13.3. The van der Waals surface area contributed by atoms with Crippen molar-refractivity contribution >= 4 is 17.4 Å². The highest BCUT2D eigenvalue weighted by Crippen LogP contribution is 2.13. The first kappa shape index (κ1) is 17.7. The number of aromatic nitrogens is 3. The molecular weight excluding hydrogens is 360 g/mol. The van der Waals surface area contributed by atoms with Crippen LogP contribution in [0.1, 0.15) is 10.4 Å². The maximum Gasteiger partial charge on any atom is 0.317 e. The number of nitrogens with one attached hydrogen (secondary N) is 1. The second-order valence-corrected chi connectivity index (χ2v) is 7.53. The predicted octanol–water partition coefficient (Wildman–Crippen LogP) is 2.36. The Morgan fingerprint density at radius 1 is 1.19 bits per heavy atom. The molecule has 3 aromatic heterocycles. The topological polar surface area (TPSA) is 66.3 Å². The molecule has 1 fully saturated rings. The van der Waals surface area contributed by atoms with Gasteiger partial charge in [0.1, 0.15) is 12.1 Å². The molecule has 1 saturated heterocycles. The minimum Gasteiger partial charge on any atom is -0.334 e. The van der Waals surface area contributed by atoms with Crippen LogP contribution in [0.2, 0.25) is 0 Å². The molecular formula is C19H22N6OS. The molecule has 7 nitrogen and oxygen atoms in total. The summed E-state index contributed by atoms with van der Waals surface area (Å²) >= 11 is 1.78. The van der Waals surface area contributed by atoms with Crippen LogP contribution in [-0.2, 0) is 13.1 Å². The van der Waals surface area contributed by atoms with Crippen LogP contribution in [-0.4, -0.2) is 56.5 Å². The summed E-state index contributed by atoms with van der Waals surface area (Å²) in [6, 6.07) is 8.13. The Morgan fingerprint density at radius 2 is 2.07 bits per heavy atom. The molecule has 4 heterocycles. The lowest BCUT2D eigenvalue weighted by Gasteiger charge is -2.34. The van der Waals surface area contributed by atoms with E-state index >= 15 is 0 Å². The van der Waals surface area contributed by atoms with Crippen LogP contribution in [0.25, 0.3) is 5.82 Å². The van der Waals surface area contributed by atoms with E-state index in [2.05, 4.69) is 37.7 Å². The molecule has 0 atom stereocenters. The number of thiophene rings is 1. The van der Waals surface area contributed by atoms with Crippen LogP contribution in [0, 0.1) is 0 Å². The van der Waals surface area contributed by atoms with Crippen LogP contribution in [0.3, 0.4) is 0 Å². The van der Waals surface area contributed by atoms with E-state index < -0.39 is 0 Å². The number of carbonyl (C=O) groups is 1. The second-order valence-electron chi connectivity index (χ2n) is 6.50. The second kappa shape index (κ2) is 8.32. The third kappa shape index (κ3) is 4.53. The van der Waals surface area contributed by atoms with Gasteiger partial charge in [0.05, 0.1) is 0 Å². The van der Waals surface area contributed by atoms with Crippen LogP contribution in [0.5, 0.6) is 0 Å². The van der Waals surface area contributed by atoms with Crippen molar-refractivity contribution in [3.8, 4) is 5.82 Å². The average molecular weight is 382 g/mol. The minimum absolute atomic E-state index is 0.00976. The zero-order valence-corrected chi connectivity index (χ0v) is 15.8. The van der Waals surface area contributed by atoms with Gasteiger partial charge in [0.25, 0.3) is 0 Å². The van der Waals surface area contributed by atoms with Crippen molar-refractivity contribution in [1.29, 1.82) is 0 Å². The molecule has 4 rings (SSSR count). The lowest BCUT2D eigenvalue weighted by Crippen LogP contribution is -2.51. The highest BCUT2D eigenvalue weighted by atomic mass is 32.1. The van der Waals surface area contributed by atoms with Gasteiger partial charge in [-0.2, -0.15) is 0 Å². The van der Waals surface area contributed by atoms with Gasteiger partial charge in [0.15, 0.2) is 0 Å². The molecule has 0 bridgehead atoms. The first-order valence-corrected chi connectivity index (χ1v) is 9.87. The summed E-state index contributed by atoms with van der Waals surface area (Å²) in [5, 5.41) is 5.10. The number of hydrogen-bond donors (Lipinski definition) is 1. The van der Waals surface area contributed by atoms with Gasteiger partial charge in [0, 0.05) is 62.7 Å². The summed E-state index contributed by atoms with van der Waals surface area (Å²) in [6.07, 6.45) is 7.06. The summed E-state index contributed by atoms with van der Waals surface area (Å²) in [4.78, 5) is 26.5. The molecule has 1 aliphatic rings. The van der Waals surface area contributed by atoms with Crippen molar-refractivity contribution in [3.05, 3.63) is 65.0 Å².